The monoisotopic (exact) mass is 747 g/mol. The molecule has 0 aliphatic heterocycles. The van der Waals surface area contributed by atoms with Crippen LogP contribution in [0.25, 0.3) is 104 Å². The van der Waals surface area contributed by atoms with E-state index in [1.165, 1.54) is 0 Å². The van der Waals surface area contributed by atoms with Crippen molar-refractivity contribution in [3.05, 3.63) is 187 Å². The molecule has 0 radical (unpaired) electrons. The molecule has 0 N–H and O–H groups in total. The van der Waals surface area contributed by atoms with Crippen molar-refractivity contribution in [2.24, 2.45) is 0 Å². The van der Waals surface area contributed by atoms with Gasteiger partial charge in [-0.1, -0.05) is 152 Å². The van der Waals surface area contributed by atoms with Crippen LogP contribution in [0.3, 0.4) is 0 Å². The number of hydrogen-bond donors (Lipinski definition) is 0. The van der Waals surface area contributed by atoms with E-state index in [9.17, 15) is 0 Å². The summed E-state index contributed by atoms with van der Waals surface area (Å²) < 4.78 is 2.23. The van der Waals surface area contributed by atoms with Gasteiger partial charge in [0.15, 0.2) is 40.6 Å². The summed E-state index contributed by atoms with van der Waals surface area (Å²) in [4.78, 5) is 33.5. The molecular formula is C49H29N7S. The highest BCUT2D eigenvalue weighted by molar-refractivity contribution is 7.26. The predicted molar refractivity (Wildman–Crippen MR) is 230 cm³/mol. The molecule has 10 rings (SSSR count). The van der Waals surface area contributed by atoms with E-state index < -0.39 is 0 Å². The van der Waals surface area contributed by atoms with Gasteiger partial charge in [0.05, 0.1) is 6.57 Å². The van der Waals surface area contributed by atoms with Crippen molar-refractivity contribution in [2.45, 2.75) is 0 Å². The molecule has 0 spiro atoms. The second-order valence-electron chi connectivity index (χ2n) is 13.4. The van der Waals surface area contributed by atoms with Crippen LogP contribution >= 0.6 is 11.3 Å². The molecule has 0 saturated heterocycles. The van der Waals surface area contributed by atoms with Gasteiger partial charge in [-0.2, -0.15) is 0 Å². The lowest BCUT2D eigenvalue weighted by Gasteiger charge is -2.10. The normalized spacial score (nSPS) is 11.1. The summed E-state index contributed by atoms with van der Waals surface area (Å²) in [6.07, 6.45) is 0. The highest BCUT2D eigenvalue weighted by Gasteiger charge is 2.18. The Balaban J connectivity index is 1.08. The number of thiophene rings is 1. The van der Waals surface area contributed by atoms with Gasteiger partial charge < -0.3 is 0 Å². The van der Waals surface area contributed by atoms with Crippen LogP contribution in [0.5, 0.6) is 0 Å². The lowest BCUT2D eigenvalue weighted by atomic mass is 10.0. The van der Waals surface area contributed by atoms with Crippen LogP contribution in [0.2, 0.25) is 0 Å². The fourth-order valence-electron chi connectivity index (χ4n) is 6.93. The predicted octanol–water partition coefficient (Wildman–Crippen LogP) is 12.6. The van der Waals surface area contributed by atoms with E-state index in [0.29, 0.717) is 40.6 Å². The number of benzene rings is 7. The molecule has 0 atom stereocenters. The summed E-state index contributed by atoms with van der Waals surface area (Å²) in [6, 6.07) is 58.7. The average molecular weight is 748 g/mol. The summed E-state index contributed by atoms with van der Waals surface area (Å²) in [7, 11) is 0. The van der Waals surface area contributed by atoms with Crippen LogP contribution in [0, 0.1) is 6.57 Å². The smallest absolute Gasteiger partial charge is 0.187 e. The van der Waals surface area contributed by atoms with Crippen LogP contribution in [0.4, 0.5) is 5.69 Å². The molecule has 7 aromatic carbocycles. The molecular weight excluding hydrogens is 719 g/mol. The molecule has 0 aliphatic rings. The van der Waals surface area contributed by atoms with E-state index in [1.807, 2.05) is 127 Å². The maximum Gasteiger partial charge on any atom is 0.187 e. The molecule has 10 aromatic rings. The van der Waals surface area contributed by atoms with Gasteiger partial charge in [-0.25, -0.2) is 34.7 Å². The first kappa shape index (κ1) is 33.8. The van der Waals surface area contributed by atoms with Crippen molar-refractivity contribution < 1.29 is 0 Å². The summed E-state index contributed by atoms with van der Waals surface area (Å²) >= 11 is 1.72. The molecule has 7 nitrogen and oxygen atoms in total. The third-order valence-corrected chi connectivity index (χ3v) is 11.1. The molecule has 57 heavy (non-hydrogen) atoms. The van der Waals surface area contributed by atoms with Crippen LogP contribution in [0.15, 0.2) is 176 Å². The van der Waals surface area contributed by atoms with Gasteiger partial charge >= 0.3 is 0 Å². The van der Waals surface area contributed by atoms with Crippen molar-refractivity contribution >= 4 is 37.2 Å². The quantitative estimate of drug-likeness (QED) is 0.151. The van der Waals surface area contributed by atoms with Gasteiger partial charge in [0, 0.05) is 53.6 Å². The van der Waals surface area contributed by atoms with Crippen molar-refractivity contribution in [3.63, 3.8) is 0 Å². The van der Waals surface area contributed by atoms with E-state index in [2.05, 4.69) is 53.4 Å². The second-order valence-corrected chi connectivity index (χ2v) is 14.5. The van der Waals surface area contributed by atoms with Crippen LogP contribution in [-0.4, -0.2) is 29.9 Å². The van der Waals surface area contributed by atoms with E-state index in [0.717, 1.165) is 64.7 Å². The highest BCUT2D eigenvalue weighted by atomic mass is 32.1. The average Bonchev–Trinajstić information content (AvgIpc) is 3.68. The van der Waals surface area contributed by atoms with Gasteiger partial charge in [-0.05, 0) is 35.4 Å². The Labute approximate surface area is 332 Å². The lowest BCUT2D eigenvalue weighted by molar-refractivity contribution is 1.07. The topological polar surface area (TPSA) is 81.7 Å². The molecule has 3 heterocycles. The fourth-order valence-corrected chi connectivity index (χ4v) is 8.13. The lowest BCUT2D eigenvalue weighted by Crippen LogP contribution is -2.00. The zero-order valence-electron chi connectivity index (χ0n) is 30.3. The largest absolute Gasteiger partial charge is 0.238 e. The highest BCUT2D eigenvalue weighted by Crippen LogP contribution is 2.41. The summed E-state index contributed by atoms with van der Waals surface area (Å²) in [5.41, 5.74) is 8.20. The first-order chi connectivity index (χ1) is 28.2. The molecule has 0 bridgehead atoms. The maximum atomic E-state index is 7.28. The Bertz CT molecular complexity index is 3050. The minimum atomic E-state index is 0.590. The molecule has 0 aliphatic carbocycles. The first-order valence-corrected chi connectivity index (χ1v) is 19.2. The van der Waals surface area contributed by atoms with Crippen molar-refractivity contribution in [2.75, 3.05) is 0 Å². The number of aromatic nitrogens is 6. The Kier molecular flexibility index (Phi) is 8.60. The van der Waals surface area contributed by atoms with Crippen molar-refractivity contribution in [1.82, 2.24) is 29.9 Å². The molecule has 3 aromatic heterocycles. The van der Waals surface area contributed by atoms with Crippen molar-refractivity contribution in [1.29, 1.82) is 0 Å². The minimum Gasteiger partial charge on any atom is -0.238 e. The van der Waals surface area contributed by atoms with Gasteiger partial charge in [-0.3, -0.25) is 0 Å². The number of rotatable bonds is 7. The molecule has 0 saturated carbocycles. The Hall–Kier alpha value is -7.73. The second kappa shape index (κ2) is 14.5. The van der Waals surface area contributed by atoms with Gasteiger partial charge in [0.1, 0.15) is 0 Å². The summed E-state index contributed by atoms with van der Waals surface area (Å²) in [6.45, 7) is 7.28. The zero-order valence-corrected chi connectivity index (χ0v) is 31.1. The molecule has 8 heteroatoms. The maximum absolute atomic E-state index is 7.28. The number of nitrogens with zero attached hydrogens (tertiary/aromatic N) is 7. The van der Waals surface area contributed by atoms with Gasteiger partial charge in [0.25, 0.3) is 0 Å². The third kappa shape index (κ3) is 6.59. The van der Waals surface area contributed by atoms with Crippen LogP contribution in [-0.2, 0) is 0 Å². The summed E-state index contributed by atoms with van der Waals surface area (Å²) in [5.74, 6) is 3.66. The van der Waals surface area contributed by atoms with E-state index in [1.54, 1.807) is 11.3 Å². The Morgan fingerprint density at radius 1 is 0.351 bits per heavy atom. The molecule has 0 fully saturated rings. The zero-order chi connectivity index (χ0) is 38.1. The van der Waals surface area contributed by atoms with Crippen LogP contribution < -0.4 is 0 Å². The van der Waals surface area contributed by atoms with E-state index in [-0.39, 0.29) is 0 Å². The van der Waals surface area contributed by atoms with E-state index in [4.69, 9.17) is 36.5 Å². The fraction of sp³-hybridized carbons (Fsp3) is 0. The Morgan fingerprint density at radius 2 is 0.772 bits per heavy atom. The van der Waals surface area contributed by atoms with Gasteiger partial charge in [-0.15, -0.1) is 11.3 Å². The summed E-state index contributed by atoms with van der Waals surface area (Å²) in [5, 5.41) is 2.21. The third-order valence-electron chi connectivity index (χ3n) is 9.84. The Morgan fingerprint density at radius 3 is 1.28 bits per heavy atom. The van der Waals surface area contributed by atoms with Crippen LogP contribution in [0.1, 0.15) is 0 Å². The molecule has 266 valence electrons. The number of hydrogen-bond acceptors (Lipinski definition) is 7. The van der Waals surface area contributed by atoms with Crippen molar-refractivity contribution in [3.8, 4) is 79.5 Å². The first-order valence-electron chi connectivity index (χ1n) is 18.4. The number of fused-ring (bicyclic) bond motifs is 3. The SMILES string of the molecule is [C-]#[N+]c1ccc(-c2ccc(-c3nc(-c4ccccc4)nc(-c4cccc5c4sc4ccc(-c6nc(-c7ccccc7)nc(-c7ccccc7)n6)cc45)n3)cc2)cc1. The standard InChI is InChI=1S/C49H29N7S/c1-50-38-27-24-32(25-28-38)31-20-22-36(23-21-31)47-52-46(35-16-9-4-10-17-35)55-49(56-47)40-19-11-18-39-41-30-37(26-29-42(41)57-43(39)40)48-53-44(33-12-5-2-6-13-33)51-45(54-48)34-14-7-3-8-15-34/h2-30H. The molecule has 0 amide bonds. The molecule has 0 unspecified atom stereocenters. The van der Waals surface area contributed by atoms with Gasteiger partial charge in [0.2, 0.25) is 0 Å². The minimum absolute atomic E-state index is 0.590. The van der Waals surface area contributed by atoms with E-state index >= 15 is 0 Å².